The molecule has 2 N–H and O–H groups in total. The lowest BCUT2D eigenvalue weighted by molar-refractivity contribution is -0.251. The zero-order chi connectivity index (χ0) is 42.1. The molecule has 2 aromatic rings. The van der Waals surface area contributed by atoms with E-state index in [1.165, 1.54) is 37.8 Å². The molecular formula is C50H70FN3O5. The van der Waals surface area contributed by atoms with E-state index in [1.807, 2.05) is 6.20 Å². The second-order valence-electron chi connectivity index (χ2n) is 23.2. The predicted octanol–water partition coefficient (Wildman–Crippen LogP) is 11.2. The molecule has 322 valence electrons. The van der Waals surface area contributed by atoms with Gasteiger partial charge in [0.25, 0.3) is 0 Å². The van der Waals surface area contributed by atoms with E-state index in [0.717, 1.165) is 87.8 Å². The van der Waals surface area contributed by atoms with Crippen LogP contribution in [0, 0.1) is 73.3 Å². The first-order valence-electron chi connectivity index (χ1n) is 23.3. The third kappa shape index (κ3) is 6.05. The Morgan fingerprint density at radius 1 is 0.847 bits per heavy atom. The van der Waals surface area contributed by atoms with Gasteiger partial charge in [-0.05, 0) is 185 Å². The molecule has 0 spiro atoms. The fourth-order valence-electron chi connectivity index (χ4n) is 16.0. The van der Waals surface area contributed by atoms with E-state index in [1.54, 1.807) is 26.0 Å². The van der Waals surface area contributed by atoms with Crippen molar-refractivity contribution in [2.45, 2.75) is 164 Å². The summed E-state index contributed by atoms with van der Waals surface area (Å²) < 4.78 is 20.0. The summed E-state index contributed by atoms with van der Waals surface area (Å²) in [6.45, 7) is 19.0. The molecule has 11 unspecified atom stereocenters. The lowest BCUT2D eigenvalue weighted by Crippen LogP contribution is -2.67. The molecule has 11 atom stereocenters. The lowest BCUT2D eigenvalue weighted by atomic mass is 9.32. The van der Waals surface area contributed by atoms with Crippen LogP contribution < -0.4 is 0 Å². The Balaban J connectivity index is 0.988. The largest absolute Gasteiger partial charge is 0.481 e. The monoisotopic (exact) mass is 812 g/mol. The number of rotatable bonds is 8. The second kappa shape index (κ2) is 13.6. The van der Waals surface area contributed by atoms with Crippen molar-refractivity contribution < 1.29 is 28.6 Å². The Morgan fingerprint density at radius 3 is 2.27 bits per heavy atom. The third-order valence-electron chi connectivity index (χ3n) is 19.8. The van der Waals surface area contributed by atoms with E-state index in [2.05, 4.69) is 51.4 Å². The van der Waals surface area contributed by atoms with Crippen molar-refractivity contribution >= 4 is 17.8 Å². The van der Waals surface area contributed by atoms with Crippen LogP contribution in [0.4, 0.5) is 4.39 Å². The van der Waals surface area contributed by atoms with Crippen LogP contribution in [0.3, 0.4) is 0 Å². The third-order valence-corrected chi connectivity index (χ3v) is 19.8. The van der Waals surface area contributed by atoms with Crippen LogP contribution in [0.5, 0.6) is 0 Å². The van der Waals surface area contributed by atoms with Crippen LogP contribution in [0.25, 0.3) is 11.3 Å². The minimum absolute atomic E-state index is 0.0690. The summed E-state index contributed by atoms with van der Waals surface area (Å²) in [5.41, 5.74) is 0.741. The van der Waals surface area contributed by atoms with E-state index < -0.39 is 17.4 Å². The molecule has 0 radical (unpaired) electrons. The number of carboxylic acids is 1. The quantitative estimate of drug-likeness (QED) is 0.257. The number of carboxylic acid groups (broad SMARTS) is 1. The fraction of sp³-hybridized carbons (Fsp3) is 0.760. The number of halogens is 1. The van der Waals surface area contributed by atoms with E-state index in [4.69, 9.17) is 9.72 Å². The van der Waals surface area contributed by atoms with Gasteiger partial charge in [0.05, 0.1) is 35.2 Å². The van der Waals surface area contributed by atoms with E-state index >= 15 is 4.79 Å². The topological polar surface area (TPSA) is 113 Å². The highest BCUT2D eigenvalue weighted by atomic mass is 19.1. The first-order chi connectivity index (χ1) is 27.7. The highest BCUT2D eigenvalue weighted by Crippen LogP contribution is 2.79. The number of aliphatic carboxylic acids is 1. The minimum Gasteiger partial charge on any atom is -0.481 e. The Kier molecular flexibility index (Phi) is 9.51. The van der Waals surface area contributed by atoms with Crippen molar-refractivity contribution in [3.63, 3.8) is 0 Å². The molecule has 1 aromatic heterocycles. The maximum absolute atomic E-state index is 15.6. The summed E-state index contributed by atoms with van der Waals surface area (Å²) in [5.74, 6) is 2.02. The number of nitrogens with zero attached hydrogens (tertiary/aromatic N) is 2. The number of carbonyl (C=O) groups excluding carboxylic acids is 2. The zero-order valence-electron chi connectivity index (χ0n) is 37.1. The van der Waals surface area contributed by atoms with Crippen molar-refractivity contribution in [2.24, 2.45) is 67.5 Å². The van der Waals surface area contributed by atoms with Gasteiger partial charge in [-0.1, -0.05) is 41.5 Å². The molecule has 6 saturated carbocycles. The fourth-order valence-corrected chi connectivity index (χ4v) is 16.0. The summed E-state index contributed by atoms with van der Waals surface area (Å²) in [6, 6.07) is 6.45. The lowest BCUT2D eigenvalue weighted by Gasteiger charge is -2.73. The molecule has 59 heavy (non-hydrogen) atoms. The Labute approximate surface area is 351 Å². The molecule has 0 bridgehead atoms. The van der Waals surface area contributed by atoms with Crippen LogP contribution in [0.2, 0.25) is 0 Å². The number of imidazole rings is 1. The molecule has 9 rings (SSSR count). The number of fused-ring (bicyclic) bond motifs is 7. The number of amides is 1. The van der Waals surface area contributed by atoms with Gasteiger partial charge in [-0.15, -0.1) is 0 Å². The molecule has 8 nitrogen and oxygen atoms in total. The average Bonchev–Trinajstić information content (AvgIpc) is 3.56. The zero-order valence-corrected chi connectivity index (χ0v) is 37.1. The number of carbonyl (C=O) groups is 3. The number of hydrogen-bond donors (Lipinski definition) is 2. The SMILES string of the molecule is CC(C)(CC(=O)OC1CCC2(C)C(CCC3(C)C2CCC2C4C(C5(C)CC5)CCC4(C(=O)N4CCCC4c4ncc(-c5ccc(F)cc5)[nH]4)CCC23C)C1(C)C)C(=O)O. The molecular weight excluding hydrogens is 742 g/mol. The number of aromatic amines is 1. The minimum atomic E-state index is -1.16. The molecule has 6 aliphatic carbocycles. The van der Waals surface area contributed by atoms with Gasteiger partial charge in [-0.25, -0.2) is 9.37 Å². The van der Waals surface area contributed by atoms with Crippen molar-refractivity contribution in [3.05, 3.63) is 42.1 Å². The van der Waals surface area contributed by atoms with Crippen molar-refractivity contribution in [1.82, 2.24) is 14.9 Å². The molecule has 7 fully saturated rings. The van der Waals surface area contributed by atoms with Gasteiger partial charge in [0.2, 0.25) is 5.91 Å². The molecule has 1 amide bonds. The van der Waals surface area contributed by atoms with Crippen molar-refractivity contribution in [1.29, 1.82) is 0 Å². The molecule has 2 heterocycles. The van der Waals surface area contributed by atoms with Gasteiger partial charge in [0.15, 0.2) is 0 Å². The van der Waals surface area contributed by atoms with Gasteiger partial charge in [0.1, 0.15) is 17.7 Å². The van der Waals surface area contributed by atoms with Crippen LogP contribution >= 0.6 is 0 Å². The number of nitrogens with one attached hydrogen (secondary N) is 1. The van der Waals surface area contributed by atoms with E-state index in [0.29, 0.717) is 40.9 Å². The summed E-state index contributed by atoms with van der Waals surface area (Å²) in [7, 11) is 0. The number of hydrogen-bond acceptors (Lipinski definition) is 5. The smallest absolute Gasteiger partial charge is 0.309 e. The van der Waals surface area contributed by atoms with Crippen LogP contribution in [-0.4, -0.2) is 50.5 Å². The van der Waals surface area contributed by atoms with Crippen molar-refractivity contribution in [3.8, 4) is 11.3 Å². The maximum Gasteiger partial charge on any atom is 0.309 e. The van der Waals surface area contributed by atoms with Gasteiger partial charge in [-0.3, -0.25) is 14.4 Å². The molecule has 1 aromatic carbocycles. The standard InChI is InChI=1S/C50H70FN3O5/c1-44(2,43(57)58)28-39(55)59-38-19-20-47(6)36(45(38,3)4)18-21-49(8)37(47)16-15-33-40-32(46(5)23-24-46)17-22-50(40,26-25-48(33,49)7)42(56)54-27-9-10-35(54)41-52-29-34(53-41)30-11-13-31(51)14-12-30/h11-14,29,32-33,35-38,40H,9-10,15-28H2,1-8H3,(H,52,53)(H,57,58). The van der Waals surface area contributed by atoms with E-state index in [9.17, 15) is 19.1 Å². The van der Waals surface area contributed by atoms with Crippen LogP contribution in [0.1, 0.15) is 164 Å². The number of esters is 1. The second-order valence-corrected chi connectivity index (χ2v) is 23.2. The molecule has 1 saturated heterocycles. The first kappa shape index (κ1) is 41.1. The Morgan fingerprint density at radius 2 is 1.58 bits per heavy atom. The average molecular weight is 812 g/mol. The summed E-state index contributed by atoms with van der Waals surface area (Å²) in [6.07, 6.45) is 16.6. The van der Waals surface area contributed by atoms with Gasteiger partial charge >= 0.3 is 11.9 Å². The van der Waals surface area contributed by atoms with Gasteiger partial charge in [0, 0.05) is 12.0 Å². The van der Waals surface area contributed by atoms with Crippen LogP contribution in [-0.2, 0) is 19.1 Å². The summed E-state index contributed by atoms with van der Waals surface area (Å²) >= 11 is 0. The van der Waals surface area contributed by atoms with Crippen LogP contribution in [0.15, 0.2) is 30.5 Å². The predicted molar refractivity (Wildman–Crippen MR) is 225 cm³/mol. The number of benzene rings is 1. The molecule has 7 aliphatic rings. The normalized spacial score (nSPS) is 40.6. The molecule has 9 heteroatoms. The maximum atomic E-state index is 15.6. The highest BCUT2D eigenvalue weighted by molar-refractivity contribution is 5.85. The molecule has 1 aliphatic heterocycles. The number of likely N-dealkylation sites (tertiary alicyclic amines) is 1. The van der Waals surface area contributed by atoms with Gasteiger partial charge < -0.3 is 19.7 Å². The highest BCUT2D eigenvalue weighted by Gasteiger charge is 2.74. The number of aromatic nitrogens is 2. The Bertz CT molecular complexity index is 2000. The Hall–Kier alpha value is -3.23. The van der Waals surface area contributed by atoms with E-state index in [-0.39, 0.29) is 51.5 Å². The first-order valence-corrected chi connectivity index (χ1v) is 23.3. The summed E-state index contributed by atoms with van der Waals surface area (Å²) in [5, 5.41) is 9.68. The summed E-state index contributed by atoms with van der Waals surface area (Å²) in [4.78, 5) is 51.3. The van der Waals surface area contributed by atoms with Crippen molar-refractivity contribution in [2.75, 3.05) is 6.54 Å². The number of H-pyrrole nitrogens is 1. The number of ether oxygens (including phenoxy) is 1. The van der Waals surface area contributed by atoms with Gasteiger partial charge in [-0.2, -0.15) is 0 Å².